The van der Waals surface area contributed by atoms with E-state index in [-0.39, 0.29) is 0 Å². The number of methoxy groups -OCH3 is 1. The third-order valence-corrected chi connectivity index (χ3v) is 3.80. The molecular formula is C16H17ClO2. The maximum absolute atomic E-state index is 10.5. The zero-order valence-corrected chi connectivity index (χ0v) is 12.0. The Morgan fingerprint density at radius 3 is 2.42 bits per heavy atom. The van der Waals surface area contributed by atoms with Crippen molar-refractivity contribution in [2.75, 3.05) is 7.11 Å². The van der Waals surface area contributed by atoms with Gasteiger partial charge in [-0.3, -0.25) is 0 Å². The average Bonchev–Trinajstić information content (AvgIpc) is 2.41. The van der Waals surface area contributed by atoms with Crippen molar-refractivity contribution >= 4 is 11.6 Å². The van der Waals surface area contributed by atoms with E-state index in [1.54, 1.807) is 7.11 Å². The molecule has 0 amide bonds. The van der Waals surface area contributed by atoms with E-state index in [1.165, 1.54) is 0 Å². The number of hydrogen-bond donors (Lipinski definition) is 1. The number of aliphatic hydroxyl groups is 1. The molecule has 0 aliphatic rings. The molecule has 0 saturated heterocycles. The summed E-state index contributed by atoms with van der Waals surface area (Å²) < 4.78 is 5.17. The lowest BCUT2D eigenvalue weighted by molar-refractivity contribution is 0.219. The molecule has 1 unspecified atom stereocenters. The van der Waals surface area contributed by atoms with Crippen molar-refractivity contribution in [3.8, 4) is 5.75 Å². The summed E-state index contributed by atoms with van der Waals surface area (Å²) in [6, 6.07) is 11.3. The van der Waals surface area contributed by atoms with Gasteiger partial charge in [-0.25, -0.2) is 0 Å². The largest absolute Gasteiger partial charge is 0.497 e. The number of aryl methyl sites for hydroxylation is 2. The van der Waals surface area contributed by atoms with Gasteiger partial charge in [0.05, 0.1) is 7.11 Å². The summed E-state index contributed by atoms with van der Waals surface area (Å²) in [6.07, 6.45) is -0.724. The molecule has 1 N–H and O–H groups in total. The molecule has 2 aromatic carbocycles. The van der Waals surface area contributed by atoms with Crippen LogP contribution in [-0.2, 0) is 0 Å². The molecule has 0 aromatic heterocycles. The van der Waals surface area contributed by atoms with E-state index in [0.717, 1.165) is 28.0 Å². The Bertz CT molecular complexity index is 593. The Hall–Kier alpha value is -1.51. The molecule has 0 fully saturated rings. The summed E-state index contributed by atoms with van der Waals surface area (Å²) in [4.78, 5) is 0. The molecule has 1 atom stereocenters. The van der Waals surface area contributed by atoms with Gasteiger partial charge in [0.1, 0.15) is 11.9 Å². The third-order valence-electron chi connectivity index (χ3n) is 3.29. The Kier molecular flexibility index (Phi) is 4.13. The highest BCUT2D eigenvalue weighted by molar-refractivity contribution is 6.32. The highest BCUT2D eigenvalue weighted by Crippen LogP contribution is 2.32. The number of benzene rings is 2. The van der Waals surface area contributed by atoms with Gasteiger partial charge in [-0.1, -0.05) is 35.9 Å². The van der Waals surface area contributed by atoms with Crippen LogP contribution in [0.5, 0.6) is 5.75 Å². The van der Waals surface area contributed by atoms with E-state index in [0.29, 0.717) is 5.02 Å². The van der Waals surface area contributed by atoms with Crippen LogP contribution in [0.15, 0.2) is 36.4 Å². The quantitative estimate of drug-likeness (QED) is 0.916. The normalized spacial score (nSPS) is 12.3. The van der Waals surface area contributed by atoms with Crippen molar-refractivity contribution in [1.82, 2.24) is 0 Å². The van der Waals surface area contributed by atoms with E-state index < -0.39 is 6.10 Å². The zero-order chi connectivity index (χ0) is 14.0. The number of aliphatic hydroxyl groups excluding tert-OH is 1. The molecule has 19 heavy (non-hydrogen) atoms. The van der Waals surface area contributed by atoms with Crippen molar-refractivity contribution < 1.29 is 9.84 Å². The first-order chi connectivity index (χ1) is 9.04. The fourth-order valence-electron chi connectivity index (χ4n) is 2.13. The standard InChI is InChI=1S/C16H17ClO2/c1-10-5-4-6-14(15(10)17)16(18)13-8-7-12(19-3)9-11(13)2/h4-9,16,18H,1-3H3. The summed E-state index contributed by atoms with van der Waals surface area (Å²) in [6.45, 7) is 3.88. The van der Waals surface area contributed by atoms with Crippen molar-refractivity contribution in [2.45, 2.75) is 20.0 Å². The van der Waals surface area contributed by atoms with Crippen LogP contribution in [-0.4, -0.2) is 12.2 Å². The summed E-state index contributed by atoms with van der Waals surface area (Å²) in [7, 11) is 1.63. The maximum Gasteiger partial charge on any atom is 0.119 e. The second-order valence-electron chi connectivity index (χ2n) is 4.60. The monoisotopic (exact) mass is 276 g/mol. The van der Waals surface area contributed by atoms with Crippen LogP contribution >= 0.6 is 11.6 Å². The van der Waals surface area contributed by atoms with Crippen LogP contribution < -0.4 is 4.74 Å². The fourth-order valence-corrected chi connectivity index (χ4v) is 2.36. The van der Waals surface area contributed by atoms with Gasteiger partial charge in [0.2, 0.25) is 0 Å². The van der Waals surface area contributed by atoms with E-state index >= 15 is 0 Å². The van der Waals surface area contributed by atoms with Crippen LogP contribution in [0.1, 0.15) is 28.4 Å². The second kappa shape index (κ2) is 5.64. The summed E-state index contributed by atoms with van der Waals surface area (Å²) in [5.41, 5.74) is 3.51. The number of rotatable bonds is 3. The molecule has 0 heterocycles. The van der Waals surface area contributed by atoms with Crippen LogP contribution in [0.4, 0.5) is 0 Å². The Morgan fingerprint density at radius 2 is 1.79 bits per heavy atom. The van der Waals surface area contributed by atoms with Gasteiger partial charge in [0.25, 0.3) is 0 Å². The first-order valence-corrected chi connectivity index (χ1v) is 6.50. The minimum atomic E-state index is -0.724. The van der Waals surface area contributed by atoms with Gasteiger partial charge in [0.15, 0.2) is 0 Å². The van der Waals surface area contributed by atoms with Crippen LogP contribution in [0.2, 0.25) is 5.02 Å². The fraction of sp³-hybridized carbons (Fsp3) is 0.250. The number of ether oxygens (including phenoxy) is 1. The molecule has 2 aromatic rings. The molecule has 3 heteroatoms. The van der Waals surface area contributed by atoms with Gasteiger partial charge in [-0.05, 0) is 42.7 Å². The van der Waals surface area contributed by atoms with Crippen molar-refractivity contribution in [1.29, 1.82) is 0 Å². The molecule has 2 rings (SSSR count). The van der Waals surface area contributed by atoms with Crippen LogP contribution in [0.25, 0.3) is 0 Å². The van der Waals surface area contributed by atoms with Crippen LogP contribution in [0, 0.1) is 13.8 Å². The summed E-state index contributed by atoms with van der Waals surface area (Å²) >= 11 is 6.26. The van der Waals surface area contributed by atoms with Crippen molar-refractivity contribution in [3.63, 3.8) is 0 Å². The first kappa shape index (κ1) is 13.9. The smallest absolute Gasteiger partial charge is 0.119 e. The molecule has 0 aliphatic heterocycles. The van der Waals surface area contributed by atoms with Gasteiger partial charge in [-0.2, -0.15) is 0 Å². The molecule has 0 radical (unpaired) electrons. The van der Waals surface area contributed by atoms with Gasteiger partial charge < -0.3 is 9.84 Å². The predicted octanol–water partition coefficient (Wildman–Crippen LogP) is 4.05. The average molecular weight is 277 g/mol. The molecule has 0 bridgehead atoms. The van der Waals surface area contributed by atoms with Gasteiger partial charge in [-0.15, -0.1) is 0 Å². The van der Waals surface area contributed by atoms with E-state index in [2.05, 4.69) is 0 Å². The lowest BCUT2D eigenvalue weighted by Crippen LogP contribution is -2.03. The Labute approximate surface area is 118 Å². The predicted molar refractivity (Wildman–Crippen MR) is 78.0 cm³/mol. The SMILES string of the molecule is COc1ccc(C(O)c2cccc(C)c2Cl)c(C)c1. The lowest BCUT2D eigenvalue weighted by atomic mass is 9.96. The van der Waals surface area contributed by atoms with E-state index in [9.17, 15) is 5.11 Å². The first-order valence-electron chi connectivity index (χ1n) is 6.12. The van der Waals surface area contributed by atoms with Crippen LogP contribution in [0.3, 0.4) is 0 Å². The zero-order valence-electron chi connectivity index (χ0n) is 11.3. The minimum Gasteiger partial charge on any atom is -0.497 e. The van der Waals surface area contributed by atoms with Gasteiger partial charge >= 0.3 is 0 Å². The van der Waals surface area contributed by atoms with E-state index in [4.69, 9.17) is 16.3 Å². The molecule has 0 spiro atoms. The maximum atomic E-state index is 10.5. The number of halogens is 1. The highest BCUT2D eigenvalue weighted by Gasteiger charge is 2.17. The third kappa shape index (κ3) is 2.75. The Balaban J connectivity index is 2.44. The van der Waals surface area contributed by atoms with Crippen molar-refractivity contribution in [2.24, 2.45) is 0 Å². The molecule has 0 aliphatic carbocycles. The van der Waals surface area contributed by atoms with Gasteiger partial charge in [0, 0.05) is 10.6 Å². The minimum absolute atomic E-state index is 0.616. The molecule has 100 valence electrons. The molecule has 0 saturated carbocycles. The molecule has 2 nitrogen and oxygen atoms in total. The summed E-state index contributed by atoms with van der Waals surface area (Å²) in [5, 5.41) is 11.1. The summed E-state index contributed by atoms with van der Waals surface area (Å²) in [5.74, 6) is 0.781. The number of hydrogen-bond acceptors (Lipinski definition) is 2. The Morgan fingerprint density at radius 1 is 1.05 bits per heavy atom. The second-order valence-corrected chi connectivity index (χ2v) is 4.98. The highest BCUT2D eigenvalue weighted by atomic mass is 35.5. The van der Waals surface area contributed by atoms with E-state index in [1.807, 2.05) is 50.2 Å². The molecular weight excluding hydrogens is 260 g/mol. The van der Waals surface area contributed by atoms with Crippen molar-refractivity contribution in [3.05, 3.63) is 63.7 Å². The lowest BCUT2D eigenvalue weighted by Gasteiger charge is -2.17. The topological polar surface area (TPSA) is 29.5 Å².